The Morgan fingerprint density at radius 2 is 1.97 bits per heavy atom. The van der Waals surface area contributed by atoms with E-state index < -0.39 is 11.2 Å². The molecule has 0 fully saturated rings. The fourth-order valence-corrected chi connectivity index (χ4v) is 3.60. The van der Waals surface area contributed by atoms with Gasteiger partial charge in [-0.1, -0.05) is 44.2 Å². The van der Waals surface area contributed by atoms with E-state index >= 15 is 0 Å². The van der Waals surface area contributed by atoms with Gasteiger partial charge in [-0.25, -0.2) is 10.2 Å². The number of aromatic nitrogens is 4. The molecule has 2 heterocycles. The van der Waals surface area contributed by atoms with E-state index in [4.69, 9.17) is 0 Å². The largest absolute Gasteiger partial charge is 0.507 e. The number of imidazole rings is 1. The highest BCUT2D eigenvalue weighted by molar-refractivity contribution is 6.06. The molecule has 0 aliphatic heterocycles. The van der Waals surface area contributed by atoms with Gasteiger partial charge in [-0.2, -0.15) is 10.1 Å². The Labute approximate surface area is 177 Å². The van der Waals surface area contributed by atoms with Crippen molar-refractivity contribution < 1.29 is 5.11 Å². The van der Waals surface area contributed by atoms with Crippen LogP contribution in [0.3, 0.4) is 0 Å². The number of aryl methyl sites for hydroxylation is 1. The molecule has 0 unspecified atom stereocenters. The summed E-state index contributed by atoms with van der Waals surface area (Å²) in [5.74, 6) is 0.717. The highest BCUT2D eigenvalue weighted by Gasteiger charge is 2.18. The van der Waals surface area contributed by atoms with Gasteiger partial charge in [0.1, 0.15) is 5.75 Å². The first-order chi connectivity index (χ1) is 14.8. The maximum absolute atomic E-state index is 12.5. The predicted octanol–water partition coefficient (Wildman–Crippen LogP) is 2.77. The Morgan fingerprint density at radius 3 is 2.71 bits per heavy atom. The monoisotopic (exact) mass is 420 g/mol. The van der Waals surface area contributed by atoms with E-state index in [0.717, 1.165) is 10.8 Å². The van der Waals surface area contributed by atoms with Crippen LogP contribution in [0.1, 0.15) is 26.3 Å². The first-order valence-corrected chi connectivity index (χ1v) is 9.99. The Kier molecular flexibility index (Phi) is 5.10. The lowest BCUT2D eigenvalue weighted by atomic mass is 10.0. The van der Waals surface area contributed by atoms with Crippen LogP contribution in [0.4, 0.5) is 5.95 Å². The Morgan fingerprint density at radius 1 is 1.23 bits per heavy atom. The zero-order valence-electron chi connectivity index (χ0n) is 17.8. The Bertz CT molecular complexity index is 1440. The second kappa shape index (κ2) is 7.75. The second-order valence-corrected chi connectivity index (χ2v) is 7.92. The van der Waals surface area contributed by atoms with Crippen LogP contribution in [0.25, 0.3) is 21.9 Å². The smallest absolute Gasteiger partial charge is 0.329 e. The van der Waals surface area contributed by atoms with E-state index in [-0.39, 0.29) is 17.3 Å². The van der Waals surface area contributed by atoms with Crippen molar-refractivity contribution in [2.75, 3.05) is 5.43 Å². The van der Waals surface area contributed by atoms with Crippen molar-refractivity contribution in [3.8, 4) is 5.75 Å². The molecule has 4 aromatic rings. The number of aromatic hydroxyl groups is 1. The molecule has 0 saturated heterocycles. The van der Waals surface area contributed by atoms with Crippen molar-refractivity contribution in [1.82, 2.24) is 19.1 Å². The summed E-state index contributed by atoms with van der Waals surface area (Å²) in [5, 5.41) is 16.8. The van der Waals surface area contributed by atoms with Gasteiger partial charge < -0.3 is 9.67 Å². The van der Waals surface area contributed by atoms with E-state index in [1.807, 2.05) is 50.2 Å². The standard InChI is InChI=1S/C22H24N6O3/c1-12(2)11-28-17-19(27(4)22(31)24-20(17)30)23-21(28)26-25-13(3)15-10-9-14-7-5-6-8-16(14)18(15)29/h5-10,12,29H,11H2,1-4H3,(H,23,26)(H,24,30,31)/b25-13+. The number of phenolic OH excluding ortho intramolecular Hbond substituents is 1. The number of hydrogen-bond donors (Lipinski definition) is 3. The van der Waals surface area contributed by atoms with Gasteiger partial charge in [0.25, 0.3) is 5.56 Å². The first kappa shape index (κ1) is 20.4. The van der Waals surface area contributed by atoms with Crippen LogP contribution in [0.15, 0.2) is 51.1 Å². The summed E-state index contributed by atoms with van der Waals surface area (Å²) in [6.07, 6.45) is 0. The quantitative estimate of drug-likeness (QED) is 0.339. The van der Waals surface area contributed by atoms with Gasteiger partial charge in [-0.05, 0) is 24.3 Å². The highest BCUT2D eigenvalue weighted by Crippen LogP contribution is 2.29. The number of H-pyrrole nitrogens is 1. The third-order valence-electron chi connectivity index (χ3n) is 5.17. The molecular weight excluding hydrogens is 396 g/mol. The molecule has 2 aromatic carbocycles. The first-order valence-electron chi connectivity index (χ1n) is 9.99. The number of phenols is 1. The van der Waals surface area contributed by atoms with Crippen molar-refractivity contribution in [2.24, 2.45) is 18.1 Å². The number of fused-ring (bicyclic) bond motifs is 2. The molecule has 0 bridgehead atoms. The zero-order chi connectivity index (χ0) is 22.3. The fraction of sp³-hybridized carbons (Fsp3) is 0.273. The fourth-order valence-electron chi connectivity index (χ4n) is 3.60. The molecule has 160 valence electrons. The van der Waals surface area contributed by atoms with Crippen molar-refractivity contribution >= 4 is 33.6 Å². The van der Waals surface area contributed by atoms with Gasteiger partial charge in [0.15, 0.2) is 11.2 Å². The molecule has 9 heteroatoms. The molecule has 0 aliphatic carbocycles. The SMILES string of the molecule is C/C(=N\Nc1nc2c(c(=O)[nH]c(=O)n2C)n1CC(C)C)c1ccc2ccccc2c1O. The lowest BCUT2D eigenvalue weighted by molar-refractivity contribution is 0.480. The molecule has 0 spiro atoms. The van der Waals surface area contributed by atoms with E-state index in [1.165, 1.54) is 4.57 Å². The van der Waals surface area contributed by atoms with Crippen molar-refractivity contribution in [2.45, 2.75) is 27.3 Å². The number of hydrazone groups is 1. The van der Waals surface area contributed by atoms with Crippen molar-refractivity contribution in [3.63, 3.8) is 0 Å². The van der Waals surface area contributed by atoms with Crippen LogP contribution < -0.4 is 16.7 Å². The number of nitrogens with one attached hydrogen (secondary N) is 2. The van der Waals surface area contributed by atoms with Gasteiger partial charge in [0, 0.05) is 24.5 Å². The minimum atomic E-state index is -0.529. The van der Waals surface area contributed by atoms with E-state index in [1.54, 1.807) is 18.5 Å². The maximum Gasteiger partial charge on any atom is 0.329 e. The number of anilines is 1. The summed E-state index contributed by atoms with van der Waals surface area (Å²) in [6, 6.07) is 11.3. The number of benzene rings is 2. The van der Waals surface area contributed by atoms with Crippen LogP contribution in [0, 0.1) is 5.92 Å². The molecule has 0 saturated carbocycles. The summed E-state index contributed by atoms with van der Waals surface area (Å²) in [7, 11) is 1.55. The normalized spacial score (nSPS) is 12.2. The molecule has 0 amide bonds. The molecule has 2 aromatic heterocycles. The molecular formula is C22H24N6O3. The predicted molar refractivity (Wildman–Crippen MR) is 122 cm³/mol. The summed E-state index contributed by atoms with van der Waals surface area (Å²) < 4.78 is 3.01. The van der Waals surface area contributed by atoms with Crippen LogP contribution in [0.5, 0.6) is 5.75 Å². The van der Waals surface area contributed by atoms with Gasteiger partial charge in [-0.3, -0.25) is 14.3 Å². The second-order valence-electron chi connectivity index (χ2n) is 7.92. The molecule has 0 atom stereocenters. The van der Waals surface area contributed by atoms with Crippen LogP contribution in [0.2, 0.25) is 0 Å². The molecule has 3 N–H and O–H groups in total. The van der Waals surface area contributed by atoms with Crippen molar-refractivity contribution in [1.29, 1.82) is 0 Å². The Balaban J connectivity index is 1.80. The summed E-state index contributed by atoms with van der Waals surface area (Å²) in [4.78, 5) is 31.2. The molecule has 31 heavy (non-hydrogen) atoms. The lowest BCUT2D eigenvalue weighted by Crippen LogP contribution is -2.29. The Hall–Kier alpha value is -3.88. The topological polar surface area (TPSA) is 117 Å². The molecule has 9 nitrogen and oxygen atoms in total. The highest BCUT2D eigenvalue weighted by atomic mass is 16.3. The zero-order valence-corrected chi connectivity index (χ0v) is 17.8. The lowest BCUT2D eigenvalue weighted by Gasteiger charge is -2.11. The van der Waals surface area contributed by atoms with Crippen LogP contribution in [-0.4, -0.2) is 29.9 Å². The number of aromatic amines is 1. The van der Waals surface area contributed by atoms with Gasteiger partial charge in [-0.15, -0.1) is 0 Å². The summed E-state index contributed by atoms with van der Waals surface area (Å²) >= 11 is 0. The van der Waals surface area contributed by atoms with Crippen LogP contribution >= 0.6 is 0 Å². The minimum Gasteiger partial charge on any atom is -0.507 e. The maximum atomic E-state index is 12.5. The van der Waals surface area contributed by atoms with Gasteiger partial charge in [0.05, 0.1) is 5.71 Å². The average Bonchev–Trinajstić information content (AvgIpc) is 3.09. The molecule has 4 rings (SSSR count). The number of hydrogen-bond acceptors (Lipinski definition) is 6. The van der Waals surface area contributed by atoms with E-state index in [0.29, 0.717) is 29.3 Å². The van der Waals surface area contributed by atoms with Gasteiger partial charge >= 0.3 is 5.69 Å². The van der Waals surface area contributed by atoms with Gasteiger partial charge in [0.2, 0.25) is 5.95 Å². The van der Waals surface area contributed by atoms with E-state index in [2.05, 4.69) is 20.5 Å². The molecule has 0 radical (unpaired) electrons. The molecule has 0 aliphatic rings. The summed E-state index contributed by atoms with van der Waals surface area (Å²) in [6.45, 7) is 6.32. The van der Waals surface area contributed by atoms with E-state index in [9.17, 15) is 14.7 Å². The van der Waals surface area contributed by atoms with Crippen molar-refractivity contribution in [3.05, 3.63) is 62.8 Å². The van der Waals surface area contributed by atoms with Crippen LogP contribution in [-0.2, 0) is 13.6 Å². The third kappa shape index (κ3) is 3.58. The third-order valence-corrected chi connectivity index (χ3v) is 5.17. The minimum absolute atomic E-state index is 0.149. The number of rotatable bonds is 5. The number of nitrogens with zero attached hydrogens (tertiary/aromatic N) is 4. The summed E-state index contributed by atoms with van der Waals surface area (Å²) in [5.41, 5.74) is 3.61. The average molecular weight is 420 g/mol.